The zero-order chi connectivity index (χ0) is 16.0. The van der Waals surface area contributed by atoms with E-state index in [2.05, 4.69) is 18.2 Å². The average Bonchev–Trinajstić information content (AvgIpc) is 3.03. The first kappa shape index (κ1) is 14.7. The second kappa shape index (κ2) is 5.35. The molecule has 0 unspecified atom stereocenters. The van der Waals surface area contributed by atoms with Gasteiger partial charge in [-0.25, -0.2) is 0 Å². The minimum Gasteiger partial charge on any atom is -0.322 e. The van der Waals surface area contributed by atoms with Crippen molar-refractivity contribution in [2.24, 2.45) is 11.7 Å². The Bertz CT molecular complexity index is 644. The molecule has 4 atom stereocenters. The molecule has 1 aromatic rings. The van der Waals surface area contributed by atoms with E-state index in [4.69, 9.17) is 5.73 Å². The first-order valence-corrected chi connectivity index (χ1v) is 8.70. The van der Waals surface area contributed by atoms with Crippen molar-refractivity contribution in [3.63, 3.8) is 0 Å². The maximum Gasteiger partial charge on any atom is 0.241 e. The normalized spacial score (nSPS) is 32.2. The Hall–Kier alpha value is -1.86. The Kier molecular flexibility index (Phi) is 3.42. The lowest BCUT2D eigenvalue weighted by Gasteiger charge is -2.38. The molecule has 4 heteroatoms. The number of rotatable bonds is 3. The molecular weight excluding hydrogens is 286 g/mol. The van der Waals surface area contributed by atoms with Gasteiger partial charge in [-0.15, -0.1) is 0 Å². The minimum atomic E-state index is -0.539. The molecule has 1 heterocycles. The molecule has 1 aromatic carbocycles. The van der Waals surface area contributed by atoms with Crippen LogP contribution in [0.1, 0.15) is 44.1 Å². The third-order valence-electron chi connectivity index (χ3n) is 6.21. The van der Waals surface area contributed by atoms with E-state index in [0.29, 0.717) is 5.92 Å². The number of hydrogen-bond acceptors (Lipinski definition) is 3. The molecule has 120 valence electrons. The standard InChI is InChI=1S/C19H23N3O/c20-12-15-10-13-11-16(13)22(15)18(23)17(21)19(8-4-5-9-19)14-6-2-1-3-7-14/h1-3,6-7,13,15-17H,4-5,8-11,21H2/t13-,15+,16+,17-/m1/s1. The molecule has 4 nitrogen and oxygen atoms in total. The first-order valence-electron chi connectivity index (χ1n) is 8.70. The van der Waals surface area contributed by atoms with E-state index in [1.807, 2.05) is 23.1 Å². The van der Waals surface area contributed by atoms with Crippen LogP contribution in [0.3, 0.4) is 0 Å². The van der Waals surface area contributed by atoms with Gasteiger partial charge in [-0.05, 0) is 37.2 Å². The number of piperidine rings is 1. The van der Waals surface area contributed by atoms with Gasteiger partial charge in [0.25, 0.3) is 0 Å². The molecule has 0 spiro atoms. The fourth-order valence-corrected chi connectivity index (χ4v) is 4.84. The first-order chi connectivity index (χ1) is 11.2. The van der Waals surface area contributed by atoms with Gasteiger partial charge >= 0.3 is 0 Å². The van der Waals surface area contributed by atoms with Crippen LogP contribution < -0.4 is 5.73 Å². The molecule has 1 amide bonds. The summed E-state index contributed by atoms with van der Waals surface area (Å²) in [7, 11) is 0. The zero-order valence-electron chi connectivity index (χ0n) is 13.3. The monoisotopic (exact) mass is 309 g/mol. The fraction of sp³-hybridized carbons (Fsp3) is 0.579. The number of nitrogens with two attached hydrogens (primary N) is 1. The van der Waals surface area contributed by atoms with Crippen LogP contribution in [0.2, 0.25) is 0 Å². The average molecular weight is 309 g/mol. The van der Waals surface area contributed by atoms with E-state index in [9.17, 15) is 10.1 Å². The van der Waals surface area contributed by atoms with Crippen LogP contribution in [0, 0.1) is 17.2 Å². The molecule has 3 aliphatic rings. The van der Waals surface area contributed by atoms with Gasteiger partial charge in [0.15, 0.2) is 0 Å². The van der Waals surface area contributed by atoms with Crippen LogP contribution >= 0.6 is 0 Å². The Morgan fingerprint density at radius 2 is 1.96 bits per heavy atom. The van der Waals surface area contributed by atoms with Gasteiger partial charge in [-0.3, -0.25) is 4.79 Å². The summed E-state index contributed by atoms with van der Waals surface area (Å²) >= 11 is 0. The van der Waals surface area contributed by atoms with Gasteiger partial charge in [0.05, 0.1) is 12.1 Å². The van der Waals surface area contributed by atoms with Crippen molar-refractivity contribution in [1.82, 2.24) is 4.90 Å². The van der Waals surface area contributed by atoms with Crippen LogP contribution in [-0.2, 0) is 10.2 Å². The number of carbonyl (C=O) groups is 1. The van der Waals surface area contributed by atoms with E-state index in [0.717, 1.165) is 38.5 Å². The van der Waals surface area contributed by atoms with E-state index < -0.39 is 6.04 Å². The molecule has 3 fully saturated rings. The van der Waals surface area contributed by atoms with Crippen LogP contribution in [-0.4, -0.2) is 28.9 Å². The molecular formula is C19H23N3O. The van der Waals surface area contributed by atoms with Crippen molar-refractivity contribution in [3.8, 4) is 6.07 Å². The minimum absolute atomic E-state index is 0.00713. The number of carbonyl (C=O) groups excluding carboxylic acids is 1. The number of nitriles is 1. The maximum absolute atomic E-state index is 13.2. The maximum atomic E-state index is 13.2. The van der Waals surface area contributed by atoms with Gasteiger partial charge in [-0.1, -0.05) is 43.2 Å². The van der Waals surface area contributed by atoms with Gasteiger partial charge in [-0.2, -0.15) is 5.26 Å². The Morgan fingerprint density at radius 1 is 1.26 bits per heavy atom. The highest BCUT2D eigenvalue weighted by Crippen LogP contribution is 2.50. The van der Waals surface area contributed by atoms with E-state index in [1.54, 1.807) is 0 Å². The van der Waals surface area contributed by atoms with Gasteiger partial charge in [0.2, 0.25) is 5.91 Å². The molecule has 0 bridgehead atoms. The van der Waals surface area contributed by atoms with E-state index in [-0.39, 0.29) is 23.4 Å². The summed E-state index contributed by atoms with van der Waals surface area (Å²) in [5.74, 6) is 0.527. The van der Waals surface area contributed by atoms with Crippen molar-refractivity contribution in [3.05, 3.63) is 35.9 Å². The number of likely N-dealkylation sites (tertiary alicyclic amines) is 1. The molecule has 0 radical (unpaired) electrons. The van der Waals surface area contributed by atoms with Crippen molar-refractivity contribution >= 4 is 5.91 Å². The third kappa shape index (κ3) is 2.18. The summed E-state index contributed by atoms with van der Waals surface area (Å²) in [6.07, 6.45) is 6.03. The molecule has 0 aromatic heterocycles. The lowest BCUT2D eigenvalue weighted by molar-refractivity contribution is -0.135. The quantitative estimate of drug-likeness (QED) is 0.931. The van der Waals surface area contributed by atoms with Gasteiger partial charge in [0.1, 0.15) is 6.04 Å². The SMILES string of the molecule is N#C[C@@H]1C[C@@H]2C[C@@H]2N1C(=O)[C@@H](N)C1(c2ccccc2)CCCC1. The predicted octanol–water partition coefficient (Wildman–Crippen LogP) is 2.34. The molecule has 4 rings (SSSR count). The Labute approximate surface area is 137 Å². The van der Waals surface area contributed by atoms with Crippen LogP contribution in [0.4, 0.5) is 0 Å². The lowest BCUT2D eigenvalue weighted by atomic mass is 9.72. The van der Waals surface area contributed by atoms with Gasteiger partial charge < -0.3 is 10.6 Å². The molecule has 23 heavy (non-hydrogen) atoms. The second-order valence-corrected chi connectivity index (χ2v) is 7.40. The van der Waals surface area contributed by atoms with Crippen molar-refractivity contribution in [2.75, 3.05) is 0 Å². The number of nitrogens with zero attached hydrogens (tertiary/aromatic N) is 2. The molecule has 2 N–H and O–H groups in total. The number of fused-ring (bicyclic) bond motifs is 1. The predicted molar refractivity (Wildman–Crippen MR) is 87.3 cm³/mol. The highest BCUT2D eigenvalue weighted by molar-refractivity contribution is 5.85. The summed E-state index contributed by atoms with van der Waals surface area (Å²) in [5.41, 5.74) is 7.49. The Balaban J connectivity index is 1.65. The number of hydrogen-bond donors (Lipinski definition) is 1. The van der Waals surface area contributed by atoms with E-state index >= 15 is 0 Å². The van der Waals surface area contributed by atoms with Crippen molar-refractivity contribution < 1.29 is 4.79 Å². The summed E-state index contributed by atoms with van der Waals surface area (Å²) in [6, 6.07) is 12.0. The zero-order valence-corrected chi connectivity index (χ0v) is 13.3. The highest BCUT2D eigenvalue weighted by Gasteiger charge is 2.57. The lowest BCUT2D eigenvalue weighted by Crippen LogP contribution is -2.56. The number of amides is 1. The second-order valence-electron chi connectivity index (χ2n) is 7.40. The third-order valence-corrected chi connectivity index (χ3v) is 6.21. The molecule has 2 aliphatic carbocycles. The molecule has 2 saturated carbocycles. The summed E-state index contributed by atoms with van der Waals surface area (Å²) in [5, 5.41) is 9.37. The summed E-state index contributed by atoms with van der Waals surface area (Å²) < 4.78 is 0. The van der Waals surface area contributed by atoms with Crippen LogP contribution in [0.25, 0.3) is 0 Å². The number of benzene rings is 1. The fourth-order valence-electron chi connectivity index (χ4n) is 4.84. The molecule has 1 aliphatic heterocycles. The topological polar surface area (TPSA) is 70.1 Å². The van der Waals surface area contributed by atoms with Crippen molar-refractivity contribution in [2.45, 2.75) is 62.1 Å². The van der Waals surface area contributed by atoms with Crippen molar-refractivity contribution in [1.29, 1.82) is 5.26 Å². The van der Waals surface area contributed by atoms with Gasteiger partial charge in [0, 0.05) is 11.5 Å². The largest absolute Gasteiger partial charge is 0.322 e. The smallest absolute Gasteiger partial charge is 0.241 e. The summed E-state index contributed by atoms with van der Waals surface area (Å²) in [4.78, 5) is 15.0. The van der Waals surface area contributed by atoms with Crippen LogP contribution in [0.5, 0.6) is 0 Å². The Morgan fingerprint density at radius 3 is 2.61 bits per heavy atom. The molecule has 1 saturated heterocycles. The van der Waals surface area contributed by atoms with E-state index in [1.165, 1.54) is 5.56 Å². The van der Waals surface area contributed by atoms with Crippen LogP contribution in [0.15, 0.2) is 30.3 Å². The summed E-state index contributed by atoms with van der Waals surface area (Å²) in [6.45, 7) is 0. The highest BCUT2D eigenvalue weighted by atomic mass is 16.2.